The van der Waals surface area contributed by atoms with Gasteiger partial charge in [0, 0.05) is 25.9 Å². The highest BCUT2D eigenvalue weighted by Gasteiger charge is 2.32. The molecule has 2 atom stereocenters. The topological polar surface area (TPSA) is 113 Å². The molecule has 1 aliphatic heterocycles. The van der Waals surface area contributed by atoms with Gasteiger partial charge in [0.15, 0.2) is 0 Å². The van der Waals surface area contributed by atoms with Gasteiger partial charge in [-0.05, 0) is 25.3 Å². The number of aliphatic hydroxyl groups is 1. The molecule has 0 saturated heterocycles. The zero-order chi connectivity index (χ0) is 21.4. The van der Waals surface area contributed by atoms with E-state index in [4.69, 9.17) is 0 Å². The molecule has 0 radical (unpaired) electrons. The fraction of sp³-hybridized carbons (Fsp3) is 0.450. The first-order valence-electron chi connectivity index (χ1n) is 9.79. The second-order valence-electron chi connectivity index (χ2n) is 7.72. The van der Waals surface area contributed by atoms with Crippen molar-refractivity contribution in [2.24, 2.45) is 12.0 Å². The van der Waals surface area contributed by atoms with E-state index in [1.54, 1.807) is 0 Å². The third-order valence-corrected chi connectivity index (χ3v) is 5.53. The van der Waals surface area contributed by atoms with Gasteiger partial charge in [0.05, 0.1) is 36.5 Å². The number of halogens is 1. The summed E-state index contributed by atoms with van der Waals surface area (Å²) in [7, 11) is 2.99. The van der Waals surface area contributed by atoms with E-state index < -0.39 is 17.8 Å². The fourth-order valence-corrected chi connectivity index (χ4v) is 3.95. The first-order valence-corrected chi connectivity index (χ1v) is 9.79. The van der Waals surface area contributed by atoms with E-state index >= 15 is 0 Å². The van der Waals surface area contributed by atoms with Crippen LogP contribution >= 0.6 is 0 Å². The number of nitrogens with zero attached hydrogens (tertiary/aromatic N) is 5. The number of aryl methyl sites for hydroxylation is 1. The number of amides is 1. The van der Waals surface area contributed by atoms with Gasteiger partial charge in [-0.2, -0.15) is 0 Å². The van der Waals surface area contributed by atoms with Crippen LogP contribution in [0.4, 0.5) is 10.2 Å². The van der Waals surface area contributed by atoms with Gasteiger partial charge in [-0.3, -0.25) is 14.6 Å². The number of likely N-dealkylation sites (N-methyl/N-ethyl adjacent to an activating group) is 1. The Labute approximate surface area is 172 Å². The van der Waals surface area contributed by atoms with Gasteiger partial charge in [0.25, 0.3) is 11.5 Å². The van der Waals surface area contributed by atoms with Gasteiger partial charge >= 0.3 is 0 Å². The number of carbonyl (C=O) groups excluding carboxylic acids is 1. The van der Waals surface area contributed by atoms with Crippen molar-refractivity contribution in [2.45, 2.75) is 44.5 Å². The van der Waals surface area contributed by atoms with Crippen molar-refractivity contribution in [2.75, 3.05) is 12.4 Å². The van der Waals surface area contributed by atoms with E-state index in [2.05, 4.69) is 20.3 Å². The Kier molecular flexibility index (Phi) is 5.33. The summed E-state index contributed by atoms with van der Waals surface area (Å²) in [5.41, 5.74) is 1.13. The zero-order valence-corrected chi connectivity index (χ0v) is 16.8. The maximum absolute atomic E-state index is 13.7. The predicted molar refractivity (Wildman–Crippen MR) is 108 cm³/mol. The molecule has 4 rings (SSSR count). The molecule has 0 unspecified atom stereocenters. The molecule has 9 nitrogen and oxygen atoms in total. The number of aliphatic imine (C=N–C) groups is 1. The fourth-order valence-electron chi connectivity index (χ4n) is 3.95. The van der Waals surface area contributed by atoms with Crippen molar-refractivity contribution < 1.29 is 14.3 Å². The molecule has 2 N–H and O–H groups in total. The van der Waals surface area contributed by atoms with Crippen LogP contribution in [0.15, 0.2) is 28.4 Å². The highest BCUT2D eigenvalue weighted by molar-refractivity contribution is 6.47. The van der Waals surface area contributed by atoms with Crippen LogP contribution in [0.2, 0.25) is 0 Å². The van der Waals surface area contributed by atoms with Crippen molar-refractivity contribution in [3.8, 4) is 0 Å². The van der Waals surface area contributed by atoms with Crippen LogP contribution in [0.1, 0.15) is 36.1 Å². The molecular formula is C20H23FN6O3. The quantitative estimate of drug-likeness (QED) is 0.741. The minimum Gasteiger partial charge on any atom is -0.391 e. The van der Waals surface area contributed by atoms with Crippen molar-refractivity contribution >= 4 is 17.4 Å². The van der Waals surface area contributed by atoms with Crippen LogP contribution in [0.5, 0.6) is 0 Å². The Morgan fingerprint density at radius 2 is 2.20 bits per heavy atom. The highest BCUT2D eigenvalue weighted by Crippen LogP contribution is 2.28. The van der Waals surface area contributed by atoms with Gasteiger partial charge in [0.2, 0.25) is 0 Å². The van der Waals surface area contributed by atoms with Crippen LogP contribution in [0.25, 0.3) is 0 Å². The van der Waals surface area contributed by atoms with Crippen molar-refractivity contribution in [3.63, 3.8) is 0 Å². The van der Waals surface area contributed by atoms with Crippen molar-refractivity contribution in [1.82, 2.24) is 19.4 Å². The molecule has 0 spiro atoms. The van der Waals surface area contributed by atoms with Crippen LogP contribution in [-0.2, 0) is 24.9 Å². The molecule has 1 aliphatic carbocycles. The lowest BCUT2D eigenvalue weighted by atomic mass is 10.1. The van der Waals surface area contributed by atoms with Crippen LogP contribution in [-0.4, -0.2) is 55.4 Å². The van der Waals surface area contributed by atoms with E-state index in [9.17, 15) is 19.1 Å². The van der Waals surface area contributed by atoms with Gasteiger partial charge in [0.1, 0.15) is 23.7 Å². The predicted octanol–water partition coefficient (Wildman–Crippen LogP) is 0.601. The molecule has 2 aromatic heterocycles. The second-order valence-corrected chi connectivity index (χ2v) is 7.72. The first-order chi connectivity index (χ1) is 14.3. The molecule has 2 aliphatic rings. The summed E-state index contributed by atoms with van der Waals surface area (Å²) in [5, 5.41) is 13.4. The molecule has 158 valence electrons. The van der Waals surface area contributed by atoms with Gasteiger partial charge in [-0.15, -0.1) is 0 Å². The molecule has 1 fully saturated rings. The lowest BCUT2D eigenvalue weighted by molar-refractivity contribution is -0.123. The molecule has 30 heavy (non-hydrogen) atoms. The maximum atomic E-state index is 13.7. The largest absolute Gasteiger partial charge is 0.391 e. The minimum atomic E-state index is -0.550. The number of aromatic nitrogens is 3. The summed E-state index contributed by atoms with van der Waals surface area (Å²) in [6.07, 6.45) is 4.47. The van der Waals surface area contributed by atoms with Gasteiger partial charge in [-0.25, -0.2) is 14.4 Å². The number of rotatable bonds is 5. The molecule has 0 bridgehead atoms. The van der Waals surface area contributed by atoms with Crippen molar-refractivity contribution in [3.05, 3.63) is 51.6 Å². The molecule has 0 aromatic carbocycles. The molecular weight excluding hydrogens is 391 g/mol. The number of fused-ring (bicyclic) bond motifs is 1. The van der Waals surface area contributed by atoms with E-state index in [0.717, 1.165) is 36.1 Å². The Morgan fingerprint density at radius 3 is 2.93 bits per heavy atom. The van der Waals surface area contributed by atoms with Crippen molar-refractivity contribution in [1.29, 1.82) is 0 Å². The van der Waals surface area contributed by atoms with E-state index in [0.29, 0.717) is 17.1 Å². The first kappa shape index (κ1) is 20.1. The third-order valence-electron chi connectivity index (χ3n) is 5.53. The summed E-state index contributed by atoms with van der Waals surface area (Å²) in [5.74, 6) is -0.498. The number of carbonyl (C=O) groups is 1. The summed E-state index contributed by atoms with van der Waals surface area (Å²) < 4.78 is 14.9. The third kappa shape index (κ3) is 3.70. The number of anilines is 1. The monoisotopic (exact) mass is 414 g/mol. The standard InChI is InChI=1S/C20H23FN6O3/c1-26(8-11-6-12(21)9-27(2)19(11)29)20(30)17-16-14(7-22-17)23-10-24-18(16)25-13-4-3-5-15(13)28/h6,9-10,13,15,28H,3-5,7-8H2,1-2H3,(H,23,24,25)/t13-,15-/m1/s1. The average Bonchev–Trinajstić information content (AvgIpc) is 3.32. The van der Waals surface area contributed by atoms with Gasteiger partial charge in [-0.1, -0.05) is 0 Å². The Balaban J connectivity index is 1.58. The van der Waals surface area contributed by atoms with E-state index in [1.807, 2.05) is 0 Å². The summed E-state index contributed by atoms with van der Waals surface area (Å²) in [4.78, 5) is 39.5. The number of aliphatic hydroxyl groups excluding tert-OH is 1. The van der Waals surface area contributed by atoms with Gasteiger partial charge < -0.3 is 19.9 Å². The number of nitrogens with one attached hydrogen (secondary N) is 1. The Hall–Kier alpha value is -3.14. The number of hydrogen-bond acceptors (Lipinski definition) is 7. The SMILES string of the molecule is CN(Cc1cc(F)cn(C)c1=O)C(=O)C1=NCc2ncnc(N[C@@H]3CCC[C@H]3O)c21. The molecule has 1 amide bonds. The normalized spacial score (nSPS) is 20.1. The maximum Gasteiger partial charge on any atom is 0.272 e. The average molecular weight is 414 g/mol. The Bertz CT molecular complexity index is 1080. The summed E-state index contributed by atoms with van der Waals surface area (Å²) >= 11 is 0. The lowest BCUT2D eigenvalue weighted by Crippen LogP contribution is -2.36. The summed E-state index contributed by atoms with van der Waals surface area (Å²) in [6, 6.07) is 0.989. The molecule has 3 heterocycles. The van der Waals surface area contributed by atoms with E-state index in [-0.39, 0.29) is 36.0 Å². The van der Waals surface area contributed by atoms with Crippen LogP contribution < -0.4 is 10.9 Å². The molecule has 10 heteroatoms. The zero-order valence-electron chi connectivity index (χ0n) is 16.8. The number of pyridine rings is 1. The van der Waals surface area contributed by atoms with Crippen LogP contribution in [0, 0.1) is 5.82 Å². The minimum absolute atomic E-state index is 0.0601. The highest BCUT2D eigenvalue weighted by atomic mass is 19.1. The molecule has 1 saturated carbocycles. The number of hydrogen-bond donors (Lipinski definition) is 2. The van der Waals surface area contributed by atoms with E-state index in [1.165, 1.54) is 25.3 Å². The smallest absolute Gasteiger partial charge is 0.272 e. The Morgan fingerprint density at radius 1 is 1.40 bits per heavy atom. The lowest BCUT2D eigenvalue weighted by Gasteiger charge is -2.21. The second kappa shape index (κ2) is 7.94. The molecule has 2 aromatic rings. The summed E-state index contributed by atoms with van der Waals surface area (Å²) in [6.45, 7) is 0.186. The van der Waals surface area contributed by atoms with Crippen LogP contribution in [0.3, 0.4) is 0 Å².